The number of hydrogen-bond acceptors (Lipinski definition) is 15. The smallest absolute Gasteiger partial charge is 0.256 e. The van der Waals surface area contributed by atoms with E-state index in [4.69, 9.17) is 24.7 Å². The summed E-state index contributed by atoms with van der Waals surface area (Å²) in [5.41, 5.74) is 11.6. The van der Waals surface area contributed by atoms with Crippen molar-refractivity contribution in [1.82, 2.24) is 4.90 Å². The zero-order valence-corrected chi connectivity index (χ0v) is 46.4. The van der Waals surface area contributed by atoms with Gasteiger partial charge < -0.3 is 60.6 Å². The predicted octanol–water partition coefficient (Wildman–Crippen LogP) is 9.84. The number of anilines is 4. The second-order valence-corrected chi connectivity index (χ2v) is 22.3. The fraction of sp³-hybridized carbons (Fsp3) is 0.414. The van der Waals surface area contributed by atoms with E-state index in [9.17, 15) is 29.4 Å². The van der Waals surface area contributed by atoms with Gasteiger partial charge in [-0.2, -0.15) is 0 Å². The lowest BCUT2D eigenvalue weighted by molar-refractivity contribution is -0.118. The van der Waals surface area contributed by atoms with Gasteiger partial charge in [0.1, 0.15) is 25.7 Å². The standard InChI is InChI=1S/C54H64N6O10S2.C4H10/c1-32(16-18-50(55)62)71-72-33(2)17-19-51(63)56-39-21-35(30-69-48-27-41(38(29-61)25-46(48)67-5)57-53(65)45-24-37-14-10-11-15-43(37)59(45)3)20-36(22-39)31-70-49-28-42-40(26-47(49)68-6)54(66)60(4)44(52(64)58-42)23-34-12-8-7-9-13-34;1-3-4-2/h7-15,20-22,25-29,32-33,44-45,52-53,57-58,64-65H,16-19,23-24,30-31H2,1-6H3,(H2,55,62)(H,56,63);3-4H2,1-2H3/t32?,33?,44?,45?,52-,53?;/m1./s1. The summed E-state index contributed by atoms with van der Waals surface area (Å²) in [4.78, 5) is 54.6. The van der Waals surface area contributed by atoms with Gasteiger partial charge in [-0.25, -0.2) is 0 Å². The molecular weight excluding hydrogens is 1000 g/mol. The van der Waals surface area contributed by atoms with Gasteiger partial charge in [-0.15, -0.1) is 0 Å². The first-order valence-electron chi connectivity index (χ1n) is 25.7. The van der Waals surface area contributed by atoms with Crippen LogP contribution in [0.5, 0.6) is 23.0 Å². The van der Waals surface area contributed by atoms with Crippen LogP contribution >= 0.6 is 21.6 Å². The van der Waals surface area contributed by atoms with Crippen LogP contribution in [0, 0.1) is 0 Å². The Balaban J connectivity index is 0.00000226. The number of nitrogens with two attached hydrogens (primary N) is 1. The van der Waals surface area contributed by atoms with Crippen LogP contribution in [0.4, 0.5) is 22.7 Å². The van der Waals surface area contributed by atoms with Gasteiger partial charge in [-0.3, -0.25) is 19.2 Å². The fourth-order valence-corrected chi connectivity index (χ4v) is 11.3. The molecule has 0 radical (unpaired) electrons. The average molecular weight is 1080 g/mol. The van der Waals surface area contributed by atoms with Crippen molar-refractivity contribution in [2.45, 2.75) is 127 Å². The van der Waals surface area contributed by atoms with Gasteiger partial charge >= 0.3 is 0 Å². The van der Waals surface area contributed by atoms with Crippen LogP contribution in [-0.4, -0.2) is 102 Å². The molecule has 6 atom stereocenters. The van der Waals surface area contributed by atoms with E-state index < -0.39 is 18.5 Å². The Hall–Kier alpha value is -6.60. The number of amides is 3. The first kappa shape index (κ1) is 58.7. The van der Waals surface area contributed by atoms with Gasteiger partial charge in [0, 0.05) is 66.5 Å². The second-order valence-electron chi connectivity index (χ2n) is 19.1. The third kappa shape index (κ3) is 16.0. The number of likely N-dealkylation sites (N-methyl/N-ethyl adjacent to an activating group) is 2. The van der Waals surface area contributed by atoms with E-state index in [-0.39, 0.29) is 59.5 Å². The molecule has 7 rings (SSSR count). The Morgan fingerprint density at radius 1 is 0.803 bits per heavy atom. The van der Waals surface area contributed by atoms with E-state index in [1.807, 2.05) is 78.7 Å². The summed E-state index contributed by atoms with van der Waals surface area (Å²) >= 11 is 0. The number of carbonyl (C=O) groups is 4. The largest absolute Gasteiger partial charge is 0.493 e. The van der Waals surface area contributed by atoms with Crippen LogP contribution in [0.3, 0.4) is 0 Å². The molecule has 2 aliphatic heterocycles. The Morgan fingerprint density at radius 2 is 1.41 bits per heavy atom. The lowest BCUT2D eigenvalue weighted by atomic mass is 10.0. The maximum atomic E-state index is 13.9. The normalized spacial score (nSPS) is 16.8. The predicted molar refractivity (Wildman–Crippen MR) is 305 cm³/mol. The molecule has 5 aromatic carbocycles. The summed E-state index contributed by atoms with van der Waals surface area (Å²) < 4.78 is 24.2. The molecule has 76 heavy (non-hydrogen) atoms. The minimum atomic E-state index is -1.10. The van der Waals surface area contributed by atoms with Crippen LogP contribution in [-0.2, 0) is 35.6 Å². The Bertz CT molecular complexity index is 2750. The number of ether oxygens (including phenoxy) is 4. The Labute approximate surface area is 455 Å². The van der Waals surface area contributed by atoms with Gasteiger partial charge in [-0.05, 0) is 84.3 Å². The van der Waals surface area contributed by atoms with Crippen LogP contribution in [0.25, 0.3) is 0 Å². The summed E-state index contributed by atoms with van der Waals surface area (Å²) in [6.07, 6.45) is 4.11. The molecule has 7 N–H and O–H groups in total. The van der Waals surface area contributed by atoms with Gasteiger partial charge in [0.05, 0.1) is 43.2 Å². The highest BCUT2D eigenvalue weighted by atomic mass is 33.1. The van der Waals surface area contributed by atoms with Gasteiger partial charge in [-0.1, -0.05) is 111 Å². The number of hydrogen-bond donors (Lipinski definition) is 6. The third-order valence-corrected chi connectivity index (χ3v) is 16.9. The number of aliphatic hydroxyl groups excluding tert-OH is 2. The number of nitrogens with one attached hydrogen (secondary N) is 3. The van der Waals surface area contributed by atoms with Gasteiger partial charge in [0.25, 0.3) is 5.91 Å². The molecule has 5 unspecified atom stereocenters. The number of methoxy groups -OCH3 is 2. The molecule has 2 heterocycles. The lowest BCUT2D eigenvalue weighted by Gasteiger charge is -2.29. The molecule has 2 aliphatic rings. The second kappa shape index (κ2) is 28.5. The van der Waals surface area contributed by atoms with Crippen LogP contribution < -0.4 is 45.5 Å². The number of aldehydes is 1. The summed E-state index contributed by atoms with van der Waals surface area (Å²) in [5.74, 6) is 0.413. The van der Waals surface area contributed by atoms with Crippen molar-refractivity contribution < 1.29 is 48.3 Å². The van der Waals surface area contributed by atoms with Crippen molar-refractivity contribution in [3.63, 3.8) is 0 Å². The molecule has 0 bridgehead atoms. The molecule has 0 saturated heterocycles. The van der Waals surface area contributed by atoms with E-state index >= 15 is 0 Å². The molecule has 0 fully saturated rings. The highest BCUT2D eigenvalue weighted by Crippen LogP contribution is 2.40. The van der Waals surface area contributed by atoms with Crippen molar-refractivity contribution in [2.24, 2.45) is 5.73 Å². The first-order valence-corrected chi connectivity index (χ1v) is 28.0. The van der Waals surface area contributed by atoms with Crippen molar-refractivity contribution in [1.29, 1.82) is 0 Å². The molecule has 0 saturated carbocycles. The number of carbonyl (C=O) groups excluding carboxylic acids is 4. The molecule has 3 amide bonds. The summed E-state index contributed by atoms with van der Waals surface area (Å²) in [7, 11) is 9.91. The fourth-order valence-electron chi connectivity index (χ4n) is 8.77. The van der Waals surface area contributed by atoms with E-state index in [0.717, 1.165) is 16.8 Å². The molecule has 16 nitrogen and oxygen atoms in total. The number of rotatable bonds is 25. The maximum Gasteiger partial charge on any atom is 0.256 e. The SMILES string of the molecule is CCCC.COc1cc(C=O)c(NC(O)C2Cc3ccccc3N2C)cc1OCc1cc(COc2cc3c(cc2OC)C(=O)N(C)C(Cc2ccccc2)[C@@H](O)N3)cc(NC(=O)CCC(C)SSC(C)CCC(N)=O)c1. The molecule has 18 heteroatoms. The number of fused-ring (bicyclic) bond motifs is 2. The average Bonchev–Trinajstić information content (AvgIpc) is 3.74. The molecule has 5 aromatic rings. The zero-order chi connectivity index (χ0) is 54.9. The quantitative estimate of drug-likeness (QED) is 0.0182. The van der Waals surface area contributed by atoms with E-state index in [1.54, 1.807) is 59.0 Å². The molecule has 0 spiro atoms. The summed E-state index contributed by atoms with van der Waals surface area (Å²) in [6.45, 7) is 8.47. The van der Waals surface area contributed by atoms with Gasteiger partial charge in [0.15, 0.2) is 29.3 Å². The van der Waals surface area contributed by atoms with E-state index in [0.29, 0.717) is 95.1 Å². The summed E-state index contributed by atoms with van der Waals surface area (Å²) in [5, 5.41) is 32.6. The Kier molecular flexibility index (Phi) is 22.0. The minimum absolute atomic E-state index is 0.000514. The number of nitrogens with zero attached hydrogens (tertiary/aromatic N) is 2. The molecule has 0 aliphatic carbocycles. The zero-order valence-electron chi connectivity index (χ0n) is 44.8. The topological polar surface area (TPSA) is 214 Å². The van der Waals surface area contributed by atoms with E-state index in [1.165, 1.54) is 32.0 Å². The number of unbranched alkanes of at least 4 members (excludes halogenated alkanes) is 1. The Morgan fingerprint density at radius 3 is 2.01 bits per heavy atom. The van der Waals surface area contributed by atoms with Gasteiger partial charge in [0.2, 0.25) is 11.8 Å². The van der Waals surface area contributed by atoms with Crippen molar-refractivity contribution in [3.05, 3.63) is 130 Å². The monoisotopic (exact) mass is 1080 g/mol. The number of benzene rings is 5. The van der Waals surface area contributed by atoms with Crippen molar-refractivity contribution in [3.8, 4) is 23.0 Å². The van der Waals surface area contributed by atoms with Crippen LogP contribution in [0.15, 0.2) is 97.1 Å². The molecule has 408 valence electrons. The van der Waals surface area contributed by atoms with Crippen molar-refractivity contribution >= 4 is 68.3 Å². The van der Waals surface area contributed by atoms with Crippen LogP contribution in [0.1, 0.15) is 109 Å². The highest BCUT2D eigenvalue weighted by Gasteiger charge is 2.35. The summed E-state index contributed by atoms with van der Waals surface area (Å²) in [6, 6.07) is 28.7. The lowest BCUT2D eigenvalue weighted by Crippen LogP contribution is -2.46. The number of para-hydroxylation sites is 1. The third-order valence-electron chi connectivity index (χ3n) is 13.3. The van der Waals surface area contributed by atoms with Crippen molar-refractivity contribution in [2.75, 3.05) is 49.2 Å². The number of aliphatic hydroxyl groups is 2. The molecular formula is C58H74N6O10S2. The van der Waals surface area contributed by atoms with Crippen LogP contribution in [0.2, 0.25) is 0 Å². The highest BCUT2D eigenvalue weighted by molar-refractivity contribution is 8.77. The maximum absolute atomic E-state index is 13.9. The number of primary amides is 1. The molecule has 0 aromatic heterocycles. The minimum Gasteiger partial charge on any atom is -0.493 e. The van der Waals surface area contributed by atoms with E-state index in [2.05, 4.69) is 43.6 Å². The first-order chi connectivity index (χ1) is 36.5.